The Morgan fingerprint density at radius 3 is 2.33 bits per heavy atom. The van der Waals surface area contributed by atoms with Crippen molar-refractivity contribution in [1.82, 2.24) is 0 Å². The van der Waals surface area contributed by atoms with Gasteiger partial charge in [-0.1, -0.05) is 0 Å². The van der Waals surface area contributed by atoms with Crippen LogP contribution in [0.3, 0.4) is 0 Å². The molecule has 0 aromatic rings. The second-order valence-corrected chi connectivity index (χ2v) is 10.5. The molecule has 7 heteroatoms. The second kappa shape index (κ2) is 6.09. The van der Waals surface area contributed by atoms with Crippen molar-refractivity contribution in [3.8, 4) is 0 Å². The standard InChI is InChI=1S/C11H21ClO4S2/c1-9(2)18(15,16)6-4-10(7-12)11-3-5-17(13,14)8-11/h9-11H,3-8H2,1-2H3. The van der Waals surface area contributed by atoms with E-state index in [0.29, 0.717) is 18.7 Å². The zero-order valence-electron chi connectivity index (χ0n) is 10.8. The molecule has 0 radical (unpaired) electrons. The maximum absolute atomic E-state index is 11.7. The molecule has 1 aliphatic rings. The topological polar surface area (TPSA) is 68.3 Å². The third-order valence-corrected chi connectivity index (χ3v) is 8.06. The smallest absolute Gasteiger partial charge is 0.152 e. The Labute approximate surface area is 115 Å². The first kappa shape index (κ1) is 16.2. The fourth-order valence-corrected chi connectivity index (χ4v) is 5.61. The molecule has 0 spiro atoms. The first-order valence-corrected chi connectivity index (χ1v) is 10.2. The minimum atomic E-state index is -3.07. The summed E-state index contributed by atoms with van der Waals surface area (Å²) >= 11 is 5.86. The molecular weight excluding hydrogens is 296 g/mol. The minimum absolute atomic E-state index is 0.0162. The summed E-state index contributed by atoms with van der Waals surface area (Å²) in [6.45, 7) is 3.32. The molecule has 1 fully saturated rings. The summed E-state index contributed by atoms with van der Waals surface area (Å²) in [5, 5.41) is -0.388. The Morgan fingerprint density at radius 2 is 1.94 bits per heavy atom. The maximum atomic E-state index is 11.7. The molecule has 0 bridgehead atoms. The van der Waals surface area contributed by atoms with Crippen LogP contribution in [0.15, 0.2) is 0 Å². The second-order valence-electron chi connectivity index (χ2n) is 5.28. The summed E-state index contributed by atoms with van der Waals surface area (Å²) < 4.78 is 46.3. The lowest BCUT2D eigenvalue weighted by molar-refractivity contribution is 0.389. The minimum Gasteiger partial charge on any atom is -0.229 e. The quantitative estimate of drug-likeness (QED) is 0.696. The fourth-order valence-electron chi connectivity index (χ4n) is 2.19. The molecule has 2 atom stereocenters. The number of sulfone groups is 2. The fraction of sp³-hybridized carbons (Fsp3) is 1.00. The van der Waals surface area contributed by atoms with E-state index in [2.05, 4.69) is 0 Å². The molecule has 0 aromatic carbocycles. The van der Waals surface area contributed by atoms with Gasteiger partial charge in [0.1, 0.15) is 0 Å². The molecule has 0 aliphatic carbocycles. The van der Waals surface area contributed by atoms with E-state index < -0.39 is 19.7 Å². The third kappa shape index (κ3) is 4.38. The molecule has 1 aliphatic heterocycles. The van der Waals surface area contributed by atoms with E-state index in [9.17, 15) is 16.8 Å². The van der Waals surface area contributed by atoms with Crippen LogP contribution in [0.1, 0.15) is 26.7 Å². The van der Waals surface area contributed by atoms with Gasteiger partial charge in [0.05, 0.1) is 22.5 Å². The number of hydrogen-bond acceptors (Lipinski definition) is 4. The Bertz CT molecular complexity index is 467. The van der Waals surface area contributed by atoms with Gasteiger partial charge in [-0.2, -0.15) is 0 Å². The van der Waals surface area contributed by atoms with Gasteiger partial charge in [0, 0.05) is 5.88 Å². The molecule has 0 saturated carbocycles. The van der Waals surface area contributed by atoms with Gasteiger partial charge in [-0.25, -0.2) is 16.8 Å². The maximum Gasteiger partial charge on any atom is 0.152 e. The predicted molar refractivity (Wildman–Crippen MR) is 74.5 cm³/mol. The lowest BCUT2D eigenvalue weighted by atomic mass is 9.91. The van der Waals surface area contributed by atoms with Crippen molar-refractivity contribution in [2.24, 2.45) is 11.8 Å². The molecule has 0 N–H and O–H groups in total. The van der Waals surface area contributed by atoms with E-state index in [0.717, 1.165) is 0 Å². The largest absolute Gasteiger partial charge is 0.229 e. The van der Waals surface area contributed by atoms with Gasteiger partial charge >= 0.3 is 0 Å². The molecule has 18 heavy (non-hydrogen) atoms. The Hall–Kier alpha value is 0.190. The van der Waals surface area contributed by atoms with Gasteiger partial charge < -0.3 is 0 Å². The van der Waals surface area contributed by atoms with Crippen LogP contribution in [0.25, 0.3) is 0 Å². The van der Waals surface area contributed by atoms with Gasteiger partial charge in [0.15, 0.2) is 19.7 Å². The molecule has 1 rings (SSSR count). The summed E-state index contributed by atoms with van der Waals surface area (Å²) in [4.78, 5) is 0. The average Bonchev–Trinajstić information content (AvgIpc) is 2.59. The summed E-state index contributed by atoms with van der Waals surface area (Å²) in [5.74, 6) is 0.799. The lowest BCUT2D eigenvalue weighted by Gasteiger charge is -2.20. The molecule has 2 unspecified atom stereocenters. The number of hydrogen-bond donors (Lipinski definition) is 0. The number of rotatable bonds is 6. The van der Waals surface area contributed by atoms with Crippen LogP contribution in [0.2, 0.25) is 0 Å². The van der Waals surface area contributed by atoms with Crippen molar-refractivity contribution in [2.45, 2.75) is 31.9 Å². The first-order valence-electron chi connectivity index (χ1n) is 6.16. The van der Waals surface area contributed by atoms with Crippen LogP contribution in [-0.2, 0) is 19.7 Å². The van der Waals surface area contributed by atoms with Crippen LogP contribution >= 0.6 is 11.6 Å². The zero-order valence-corrected chi connectivity index (χ0v) is 13.2. The van der Waals surface area contributed by atoms with E-state index in [1.807, 2.05) is 0 Å². The van der Waals surface area contributed by atoms with Crippen LogP contribution in [0, 0.1) is 11.8 Å². The van der Waals surface area contributed by atoms with E-state index in [1.165, 1.54) is 0 Å². The van der Waals surface area contributed by atoms with Gasteiger partial charge in [0.2, 0.25) is 0 Å². The van der Waals surface area contributed by atoms with Crippen LogP contribution in [0.4, 0.5) is 0 Å². The van der Waals surface area contributed by atoms with Crippen LogP contribution in [-0.4, -0.2) is 45.2 Å². The first-order chi connectivity index (χ1) is 8.18. The zero-order chi connectivity index (χ0) is 14.0. The Kier molecular flexibility index (Phi) is 5.50. The highest BCUT2D eigenvalue weighted by Gasteiger charge is 2.33. The molecule has 0 aromatic heterocycles. The van der Waals surface area contributed by atoms with E-state index in [1.54, 1.807) is 13.8 Å². The van der Waals surface area contributed by atoms with Crippen molar-refractivity contribution in [2.75, 3.05) is 23.1 Å². The molecule has 0 amide bonds. The van der Waals surface area contributed by atoms with Gasteiger partial charge in [0.25, 0.3) is 0 Å². The summed E-state index contributed by atoms with van der Waals surface area (Å²) in [6, 6.07) is 0. The highest BCUT2D eigenvalue weighted by molar-refractivity contribution is 7.92. The highest BCUT2D eigenvalue weighted by atomic mass is 35.5. The van der Waals surface area contributed by atoms with Crippen LogP contribution in [0.5, 0.6) is 0 Å². The molecular formula is C11H21ClO4S2. The van der Waals surface area contributed by atoms with Gasteiger partial charge in [-0.3, -0.25) is 0 Å². The normalized spacial score (nSPS) is 25.4. The van der Waals surface area contributed by atoms with E-state index >= 15 is 0 Å². The molecule has 1 heterocycles. The SMILES string of the molecule is CC(C)S(=O)(=O)CCC(CCl)C1CCS(=O)(=O)C1. The van der Waals surface area contributed by atoms with Crippen molar-refractivity contribution in [1.29, 1.82) is 0 Å². The summed E-state index contributed by atoms with van der Waals surface area (Å²) in [7, 11) is -6.00. The van der Waals surface area contributed by atoms with E-state index in [-0.39, 0.29) is 34.3 Å². The summed E-state index contributed by atoms with van der Waals surface area (Å²) in [6.07, 6.45) is 1.08. The highest BCUT2D eigenvalue weighted by Crippen LogP contribution is 2.29. The van der Waals surface area contributed by atoms with Crippen LogP contribution < -0.4 is 0 Å². The lowest BCUT2D eigenvalue weighted by Crippen LogP contribution is -2.24. The van der Waals surface area contributed by atoms with Crippen molar-refractivity contribution >= 4 is 31.3 Å². The van der Waals surface area contributed by atoms with E-state index in [4.69, 9.17) is 11.6 Å². The third-order valence-electron chi connectivity index (χ3n) is 3.62. The van der Waals surface area contributed by atoms with Crippen molar-refractivity contribution in [3.63, 3.8) is 0 Å². The molecule has 108 valence electrons. The molecule has 1 saturated heterocycles. The van der Waals surface area contributed by atoms with Crippen molar-refractivity contribution in [3.05, 3.63) is 0 Å². The van der Waals surface area contributed by atoms with Crippen molar-refractivity contribution < 1.29 is 16.8 Å². The Morgan fingerprint density at radius 1 is 1.33 bits per heavy atom. The monoisotopic (exact) mass is 316 g/mol. The van der Waals surface area contributed by atoms with Gasteiger partial charge in [-0.15, -0.1) is 11.6 Å². The summed E-state index contributed by atoms with van der Waals surface area (Å²) in [5.41, 5.74) is 0. The van der Waals surface area contributed by atoms with Gasteiger partial charge in [-0.05, 0) is 38.5 Å². The number of halogens is 1. The average molecular weight is 317 g/mol. The predicted octanol–water partition coefficient (Wildman–Crippen LogP) is 1.49. The Balaban J connectivity index is 2.59. The number of alkyl halides is 1. The molecule has 4 nitrogen and oxygen atoms in total.